The van der Waals surface area contributed by atoms with Gasteiger partial charge in [-0.1, -0.05) is 20.8 Å². The van der Waals surface area contributed by atoms with Crippen molar-refractivity contribution in [1.82, 2.24) is 20.4 Å². The molecule has 3 rings (SSSR count). The van der Waals surface area contributed by atoms with Crippen LogP contribution in [-0.2, 0) is 12.0 Å². The van der Waals surface area contributed by atoms with E-state index in [0.717, 1.165) is 32.5 Å². The minimum absolute atomic E-state index is 0. The van der Waals surface area contributed by atoms with Crippen LogP contribution in [0.15, 0.2) is 29.2 Å². The molecule has 2 aromatic rings. The molecular weight excluding hydrogens is 340 g/mol. The fraction of sp³-hybridized carbons (Fsp3) is 0.556. The maximum absolute atomic E-state index is 12.3. The summed E-state index contributed by atoms with van der Waals surface area (Å²) in [6, 6.07) is 2.15. The number of hydrogen-bond donors (Lipinski definition) is 2. The maximum atomic E-state index is 12.3. The Hall–Kier alpha value is -1.79. The van der Waals surface area contributed by atoms with E-state index in [-0.39, 0.29) is 23.7 Å². The predicted octanol–water partition coefficient (Wildman–Crippen LogP) is 3.12. The number of nitrogens with zero attached hydrogens (tertiary/aromatic N) is 2. The molecule has 0 spiro atoms. The van der Waals surface area contributed by atoms with Gasteiger partial charge in [0, 0.05) is 42.3 Å². The van der Waals surface area contributed by atoms with E-state index in [1.165, 1.54) is 17.5 Å². The summed E-state index contributed by atoms with van der Waals surface area (Å²) in [5, 5.41) is 10.9. The Labute approximate surface area is 154 Å². The normalized spacial score (nSPS) is 15.9. The third-order valence-corrected chi connectivity index (χ3v) is 4.60. The first-order chi connectivity index (χ1) is 11.4. The molecule has 1 fully saturated rings. The lowest BCUT2D eigenvalue weighted by atomic mass is 9.89. The van der Waals surface area contributed by atoms with Gasteiger partial charge in [0.1, 0.15) is 6.26 Å². The van der Waals surface area contributed by atoms with Gasteiger partial charge in [-0.2, -0.15) is 5.10 Å². The number of nitrogens with one attached hydrogen (secondary N) is 2. The van der Waals surface area contributed by atoms with Crippen LogP contribution in [0.4, 0.5) is 0 Å². The van der Waals surface area contributed by atoms with Gasteiger partial charge in [0.15, 0.2) is 0 Å². The lowest BCUT2D eigenvalue weighted by molar-refractivity contribution is 0.0704. The summed E-state index contributed by atoms with van der Waals surface area (Å²) in [5.74, 6) is 0.0621. The van der Waals surface area contributed by atoms with Gasteiger partial charge >= 0.3 is 0 Å². The summed E-state index contributed by atoms with van der Waals surface area (Å²) in [5.41, 5.74) is 3.10. The Morgan fingerprint density at radius 3 is 2.72 bits per heavy atom. The minimum atomic E-state index is 0. The van der Waals surface area contributed by atoms with Crippen LogP contribution in [0.3, 0.4) is 0 Å². The third-order valence-electron chi connectivity index (χ3n) is 4.60. The van der Waals surface area contributed by atoms with Crippen molar-refractivity contribution in [2.75, 3.05) is 13.1 Å². The van der Waals surface area contributed by atoms with E-state index in [1.54, 1.807) is 12.3 Å². The van der Waals surface area contributed by atoms with Crippen LogP contribution in [0, 0.1) is 0 Å². The number of rotatable bonds is 4. The summed E-state index contributed by atoms with van der Waals surface area (Å²) >= 11 is 0. The zero-order valence-corrected chi connectivity index (χ0v) is 15.9. The summed E-state index contributed by atoms with van der Waals surface area (Å²) < 4.78 is 5.00. The van der Waals surface area contributed by atoms with E-state index >= 15 is 0 Å². The van der Waals surface area contributed by atoms with Crippen molar-refractivity contribution in [3.8, 4) is 0 Å². The molecule has 0 bridgehead atoms. The first-order valence-electron chi connectivity index (χ1n) is 8.53. The Balaban J connectivity index is 0.00000225. The van der Waals surface area contributed by atoms with Gasteiger partial charge < -0.3 is 14.6 Å². The second-order valence-electron chi connectivity index (χ2n) is 7.48. The molecule has 1 aliphatic rings. The first-order valence-corrected chi connectivity index (χ1v) is 8.53. The van der Waals surface area contributed by atoms with E-state index < -0.39 is 0 Å². The molecule has 2 aromatic heterocycles. The quantitative estimate of drug-likeness (QED) is 0.871. The highest BCUT2D eigenvalue weighted by Crippen LogP contribution is 2.23. The molecule has 1 aliphatic heterocycles. The molecular formula is C18H27ClN4O2. The zero-order valence-electron chi connectivity index (χ0n) is 15.0. The third kappa shape index (κ3) is 4.64. The molecule has 0 atom stereocenters. The van der Waals surface area contributed by atoms with Gasteiger partial charge in [0.05, 0.1) is 18.0 Å². The summed E-state index contributed by atoms with van der Waals surface area (Å²) in [4.78, 5) is 14.2. The van der Waals surface area contributed by atoms with Crippen molar-refractivity contribution in [3.05, 3.63) is 41.6 Å². The van der Waals surface area contributed by atoms with Crippen LogP contribution < -0.4 is 5.32 Å². The van der Waals surface area contributed by atoms with Gasteiger partial charge in [0.2, 0.25) is 0 Å². The second-order valence-corrected chi connectivity index (χ2v) is 7.48. The molecule has 1 amide bonds. The number of halogens is 1. The Bertz CT molecular complexity index is 668. The van der Waals surface area contributed by atoms with Crippen molar-refractivity contribution < 1.29 is 9.21 Å². The Kier molecular flexibility index (Phi) is 6.30. The Morgan fingerprint density at radius 2 is 2.12 bits per heavy atom. The number of aromatic amines is 1. The van der Waals surface area contributed by atoms with Gasteiger partial charge in [-0.25, -0.2) is 0 Å². The van der Waals surface area contributed by atoms with E-state index in [1.807, 2.05) is 11.1 Å². The van der Waals surface area contributed by atoms with Crippen LogP contribution in [0.2, 0.25) is 0 Å². The number of piperidine rings is 1. The fourth-order valence-electron chi connectivity index (χ4n) is 3.20. The molecule has 2 N–H and O–H groups in total. The van der Waals surface area contributed by atoms with Gasteiger partial charge in [-0.3, -0.25) is 9.89 Å². The number of hydrogen-bond acceptors (Lipinski definition) is 4. The number of likely N-dealkylation sites (tertiary alicyclic amines) is 1. The average molecular weight is 367 g/mol. The number of furan rings is 1. The van der Waals surface area contributed by atoms with Gasteiger partial charge in [-0.15, -0.1) is 12.4 Å². The molecule has 0 saturated carbocycles. The molecule has 0 radical (unpaired) electrons. The largest absolute Gasteiger partial charge is 0.472 e. The summed E-state index contributed by atoms with van der Waals surface area (Å²) in [7, 11) is 0. The van der Waals surface area contributed by atoms with Crippen LogP contribution in [0.1, 0.15) is 55.2 Å². The van der Waals surface area contributed by atoms with E-state index in [2.05, 4.69) is 36.3 Å². The second kappa shape index (κ2) is 8.06. The number of carbonyl (C=O) groups excluding carboxylic acids is 1. The number of amides is 1. The monoisotopic (exact) mass is 366 g/mol. The molecule has 3 heterocycles. The molecule has 7 heteroatoms. The molecule has 0 aliphatic carbocycles. The van der Waals surface area contributed by atoms with Gasteiger partial charge in [-0.05, 0) is 18.9 Å². The van der Waals surface area contributed by atoms with Crippen LogP contribution in [0.25, 0.3) is 0 Å². The van der Waals surface area contributed by atoms with Crippen molar-refractivity contribution in [1.29, 1.82) is 0 Å². The SMILES string of the molecule is CC(C)(C)c1[nH]ncc1CNC1CCN(C(=O)c2ccoc2)CC1.Cl. The van der Waals surface area contributed by atoms with Crippen LogP contribution in [0.5, 0.6) is 0 Å². The smallest absolute Gasteiger partial charge is 0.257 e. The molecule has 138 valence electrons. The highest BCUT2D eigenvalue weighted by molar-refractivity contribution is 5.93. The molecule has 0 aromatic carbocycles. The average Bonchev–Trinajstić information content (AvgIpc) is 3.23. The fourth-order valence-corrected chi connectivity index (χ4v) is 3.20. The first kappa shape index (κ1) is 19.5. The van der Waals surface area contributed by atoms with E-state index in [4.69, 9.17) is 4.42 Å². The molecule has 1 saturated heterocycles. The predicted molar refractivity (Wildman–Crippen MR) is 99.0 cm³/mol. The van der Waals surface area contributed by atoms with Crippen molar-refractivity contribution in [2.24, 2.45) is 0 Å². The zero-order chi connectivity index (χ0) is 17.2. The highest BCUT2D eigenvalue weighted by atomic mass is 35.5. The number of aromatic nitrogens is 2. The molecule has 25 heavy (non-hydrogen) atoms. The molecule has 0 unspecified atom stereocenters. The standard InChI is InChI=1S/C18H26N4O2.ClH/c1-18(2,3)16-14(11-20-21-16)10-19-15-4-7-22(8-5-15)17(23)13-6-9-24-12-13;/h6,9,11-12,15,19H,4-5,7-8,10H2,1-3H3,(H,20,21);1H. The Morgan fingerprint density at radius 1 is 1.40 bits per heavy atom. The van der Waals surface area contributed by atoms with E-state index in [0.29, 0.717) is 11.6 Å². The summed E-state index contributed by atoms with van der Waals surface area (Å²) in [6.07, 6.45) is 6.89. The van der Waals surface area contributed by atoms with Crippen molar-refractivity contribution in [3.63, 3.8) is 0 Å². The molecule has 6 nitrogen and oxygen atoms in total. The number of H-pyrrole nitrogens is 1. The lowest BCUT2D eigenvalue weighted by Crippen LogP contribution is -2.44. The van der Waals surface area contributed by atoms with Crippen molar-refractivity contribution in [2.45, 2.75) is 51.6 Å². The summed E-state index contributed by atoms with van der Waals surface area (Å²) in [6.45, 7) is 8.92. The maximum Gasteiger partial charge on any atom is 0.257 e. The van der Waals surface area contributed by atoms with Crippen molar-refractivity contribution >= 4 is 18.3 Å². The van der Waals surface area contributed by atoms with Gasteiger partial charge in [0.25, 0.3) is 5.91 Å². The lowest BCUT2D eigenvalue weighted by Gasteiger charge is -2.32. The van der Waals surface area contributed by atoms with E-state index in [9.17, 15) is 4.79 Å². The van der Waals surface area contributed by atoms with Crippen LogP contribution >= 0.6 is 12.4 Å². The van der Waals surface area contributed by atoms with Crippen LogP contribution in [-0.4, -0.2) is 40.1 Å². The topological polar surface area (TPSA) is 74.2 Å². The highest BCUT2D eigenvalue weighted by Gasteiger charge is 2.25. The minimum Gasteiger partial charge on any atom is -0.472 e. The number of carbonyl (C=O) groups is 1.